The van der Waals surface area contributed by atoms with Crippen LogP contribution in [0.4, 0.5) is 0 Å². The third kappa shape index (κ3) is 4.81. The third-order valence-corrected chi connectivity index (χ3v) is 1.88. The lowest BCUT2D eigenvalue weighted by Gasteiger charge is -2.14. The molecule has 0 heterocycles. The Morgan fingerprint density at radius 2 is 2.00 bits per heavy atom. The Morgan fingerprint density at radius 1 is 1.43 bits per heavy atom. The number of hydrogen-bond donors (Lipinski definition) is 2. The molecule has 3 N–H and O–H groups in total. The summed E-state index contributed by atoms with van der Waals surface area (Å²) < 4.78 is 4.42. The highest BCUT2D eigenvalue weighted by Crippen LogP contribution is 1.97. The maximum absolute atomic E-state index is 11.3. The van der Waals surface area contributed by atoms with E-state index in [9.17, 15) is 9.59 Å². The first-order valence-corrected chi connectivity index (χ1v) is 4.59. The fourth-order valence-corrected chi connectivity index (χ4v) is 0.810. The summed E-state index contributed by atoms with van der Waals surface area (Å²) in [7, 11) is 1.31. The van der Waals surface area contributed by atoms with Crippen LogP contribution in [0.15, 0.2) is 0 Å². The number of hydrogen-bond acceptors (Lipinski definition) is 4. The van der Waals surface area contributed by atoms with E-state index in [1.807, 2.05) is 13.8 Å². The van der Waals surface area contributed by atoms with Crippen LogP contribution in [0.2, 0.25) is 0 Å². The Hall–Kier alpha value is -1.10. The topological polar surface area (TPSA) is 81.4 Å². The highest BCUT2D eigenvalue weighted by molar-refractivity contribution is 5.82. The van der Waals surface area contributed by atoms with E-state index >= 15 is 0 Å². The lowest BCUT2D eigenvalue weighted by molar-refractivity contribution is -0.140. The highest BCUT2D eigenvalue weighted by Gasteiger charge is 2.16. The second-order valence-corrected chi connectivity index (χ2v) is 3.39. The SMILES string of the molecule is COC(=O)CCNC(=O)C(N)C(C)C. The second-order valence-electron chi connectivity index (χ2n) is 3.39. The predicted molar refractivity (Wildman–Crippen MR) is 52.5 cm³/mol. The van der Waals surface area contributed by atoms with Crippen LogP contribution in [0.25, 0.3) is 0 Å². The minimum absolute atomic E-state index is 0.0909. The van der Waals surface area contributed by atoms with Crippen molar-refractivity contribution in [3.05, 3.63) is 0 Å². The van der Waals surface area contributed by atoms with Gasteiger partial charge in [-0.15, -0.1) is 0 Å². The Morgan fingerprint density at radius 3 is 2.43 bits per heavy atom. The molecule has 0 fully saturated rings. The fourth-order valence-electron chi connectivity index (χ4n) is 0.810. The molecule has 0 aromatic carbocycles. The molecule has 14 heavy (non-hydrogen) atoms. The van der Waals surface area contributed by atoms with Gasteiger partial charge in [0, 0.05) is 6.54 Å². The molecule has 0 rings (SSSR count). The maximum Gasteiger partial charge on any atom is 0.307 e. The zero-order chi connectivity index (χ0) is 11.1. The van der Waals surface area contributed by atoms with Crippen LogP contribution in [0, 0.1) is 5.92 Å². The lowest BCUT2D eigenvalue weighted by atomic mass is 10.1. The van der Waals surface area contributed by atoms with E-state index < -0.39 is 6.04 Å². The van der Waals surface area contributed by atoms with Crippen molar-refractivity contribution in [1.29, 1.82) is 0 Å². The minimum atomic E-state index is -0.521. The Kier molecular flexibility index (Phi) is 5.87. The molecule has 0 bridgehead atoms. The average Bonchev–Trinajstić information content (AvgIpc) is 2.15. The monoisotopic (exact) mass is 202 g/mol. The van der Waals surface area contributed by atoms with E-state index in [0.29, 0.717) is 0 Å². The molecule has 0 aromatic rings. The molecule has 1 unspecified atom stereocenters. The number of carbonyl (C=O) groups is 2. The highest BCUT2D eigenvalue weighted by atomic mass is 16.5. The van der Waals surface area contributed by atoms with Crippen molar-refractivity contribution in [1.82, 2.24) is 5.32 Å². The smallest absolute Gasteiger partial charge is 0.307 e. The molecule has 1 atom stereocenters. The summed E-state index contributed by atoms with van der Waals surface area (Å²) in [4.78, 5) is 22.0. The molecular formula is C9H18N2O3. The van der Waals surface area contributed by atoms with Gasteiger partial charge in [0.05, 0.1) is 19.6 Å². The van der Waals surface area contributed by atoms with Gasteiger partial charge in [-0.25, -0.2) is 0 Å². The molecule has 1 amide bonds. The van der Waals surface area contributed by atoms with E-state index in [-0.39, 0.29) is 30.8 Å². The van der Waals surface area contributed by atoms with Crippen LogP contribution < -0.4 is 11.1 Å². The molecule has 0 aliphatic rings. The number of nitrogens with one attached hydrogen (secondary N) is 1. The largest absolute Gasteiger partial charge is 0.469 e. The summed E-state index contributed by atoms with van der Waals surface area (Å²) in [5.41, 5.74) is 5.58. The molecule has 0 spiro atoms. The first kappa shape index (κ1) is 12.9. The number of rotatable bonds is 5. The van der Waals surface area contributed by atoms with Crippen LogP contribution in [-0.4, -0.2) is 31.6 Å². The van der Waals surface area contributed by atoms with Gasteiger partial charge in [-0.3, -0.25) is 9.59 Å². The van der Waals surface area contributed by atoms with E-state index in [1.54, 1.807) is 0 Å². The molecule has 82 valence electrons. The molecule has 0 aliphatic heterocycles. The van der Waals surface area contributed by atoms with Gasteiger partial charge in [-0.05, 0) is 5.92 Å². The van der Waals surface area contributed by atoms with E-state index in [1.165, 1.54) is 7.11 Å². The van der Waals surface area contributed by atoms with Gasteiger partial charge in [0.1, 0.15) is 0 Å². The summed E-state index contributed by atoms with van der Waals surface area (Å²) in [6.45, 7) is 4.00. The summed E-state index contributed by atoms with van der Waals surface area (Å²) >= 11 is 0. The van der Waals surface area contributed by atoms with Crippen LogP contribution in [0.1, 0.15) is 20.3 Å². The first-order valence-electron chi connectivity index (χ1n) is 4.59. The van der Waals surface area contributed by atoms with E-state index in [0.717, 1.165) is 0 Å². The third-order valence-electron chi connectivity index (χ3n) is 1.88. The number of amides is 1. The van der Waals surface area contributed by atoms with Gasteiger partial charge in [0.2, 0.25) is 5.91 Å². The Bertz CT molecular complexity index is 204. The van der Waals surface area contributed by atoms with Crippen molar-refractivity contribution in [3.63, 3.8) is 0 Å². The van der Waals surface area contributed by atoms with Crippen molar-refractivity contribution >= 4 is 11.9 Å². The average molecular weight is 202 g/mol. The zero-order valence-electron chi connectivity index (χ0n) is 8.87. The van der Waals surface area contributed by atoms with E-state index in [4.69, 9.17) is 5.73 Å². The van der Waals surface area contributed by atoms with Gasteiger partial charge < -0.3 is 15.8 Å². The molecule has 0 saturated heterocycles. The Labute approximate surface area is 84.0 Å². The van der Waals surface area contributed by atoms with Gasteiger partial charge in [0.15, 0.2) is 0 Å². The standard InChI is InChI=1S/C9H18N2O3/c1-6(2)8(10)9(13)11-5-4-7(12)14-3/h6,8H,4-5,10H2,1-3H3,(H,11,13). The van der Waals surface area contributed by atoms with Crippen LogP contribution >= 0.6 is 0 Å². The molecule has 5 nitrogen and oxygen atoms in total. The molecule has 5 heteroatoms. The van der Waals surface area contributed by atoms with Crippen molar-refractivity contribution in [3.8, 4) is 0 Å². The van der Waals surface area contributed by atoms with Crippen LogP contribution in [0.3, 0.4) is 0 Å². The predicted octanol–water partition coefficient (Wildman–Crippen LogP) is -0.351. The van der Waals surface area contributed by atoms with Gasteiger partial charge in [-0.2, -0.15) is 0 Å². The number of methoxy groups -OCH3 is 1. The summed E-state index contributed by atoms with van der Waals surface area (Å²) in [6.07, 6.45) is 0.174. The maximum atomic E-state index is 11.3. The molecule has 0 saturated carbocycles. The van der Waals surface area contributed by atoms with Gasteiger partial charge >= 0.3 is 5.97 Å². The quantitative estimate of drug-likeness (QED) is 0.597. The molecule has 0 radical (unpaired) electrons. The summed E-state index contributed by atoms with van der Waals surface area (Å²) in [5, 5.41) is 2.56. The second kappa shape index (κ2) is 6.37. The number of esters is 1. The molecular weight excluding hydrogens is 184 g/mol. The van der Waals surface area contributed by atoms with Crippen LogP contribution in [0.5, 0.6) is 0 Å². The molecule has 0 aliphatic carbocycles. The Balaban J connectivity index is 3.69. The van der Waals surface area contributed by atoms with Crippen molar-refractivity contribution in [2.75, 3.05) is 13.7 Å². The van der Waals surface area contributed by atoms with Crippen molar-refractivity contribution in [2.24, 2.45) is 11.7 Å². The lowest BCUT2D eigenvalue weighted by Crippen LogP contribution is -2.44. The van der Waals surface area contributed by atoms with Crippen molar-refractivity contribution in [2.45, 2.75) is 26.3 Å². The minimum Gasteiger partial charge on any atom is -0.469 e. The van der Waals surface area contributed by atoms with E-state index in [2.05, 4.69) is 10.1 Å². The van der Waals surface area contributed by atoms with Crippen molar-refractivity contribution < 1.29 is 14.3 Å². The zero-order valence-corrected chi connectivity index (χ0v) is 8.87. The summed E-state index contributed by atoms with van der Waals surface area (Å²) in [5.74, 6) is -0.486. The normalized spacial score (nSPS) is 12.4. The van der Waals surface area contributed by atoms with Crippen LogP contribution in [-0.2, 0) is 14.3 Å². The first-order chi connectivity index (χ1) is 6.49. The number of nitrogens with two attached hydrogens (primary N) is 1. The molecule has 0 aromatic heterocycles. The fraction of sp³-hybridized carbons (Fsp3) is 0.778. The van der Waals surface area contributed by atoms with Gasteiger partial charge in [-0.1, -0.05) is 13.8 Å². The number of ether oxygens (including phenoxy) is 1. The summed E-state index contributed by atoms with van der Waals surface area (Å²) in [6, 6.07) is -0.521. The number of carbonyl (C=O) groups excluding carboxylic acids is 2. The van der Waals surface area contributed by atoms with Gasteiger partial charge in [0.25, 0.3) is 0 Å².